The Balaban J connectivity index is 1.55. The number of rotatable bonds is 10. The largest absolute Gasteiger partial charge is 0.488 e. The van der Waals surface area contributed by atoms with Crippen LogP contribution in [-0.2, 0) is 4.43 Å². The molecule has 9 nitrogen and oxygen atoms in total. The Morgan fingerprint density at radius 2 is 1.83 bits per heavy atom. The van der Waals surface area contributed by atoms with Gasteiger partial charge in [-0.3, -0.25) is 14.9 Å². The van der Waals surface area contributed by atoms with Crippen molar-refractivity contribution in [1.29, 1.82) is 0 Å². The molecule has 2 aromatic carbocycles. The highest BCUT2D eigenvalue weighted by Gasteiger charge is 2.37. The van der Waals surface area contributed by atoms with Crippen molar-refractivity contribution in [3.8, 4) is 17.2 Å². The highest BCUT2D eigenvalue weighted by Crippen LogP contribution is 2.37. The summed E-state index contributed by atoms with van der Waals surface area (Å²) in [4.78, 5) is 31.4. The van der Waals surface area contributed by atoms with Crippen molar-refractivity contribution in [2.24, 2.45) is 0 Å². The van der Waals surface area contributed by atoms with Gasteiger partial charge in [0.1, 0.15) is 23.4 Å². The van der Waals surface area contributed by atoms with Crippen LogP contribution in [0.15, 0.2) is 36.4 Å². The van der Waals surface area contributed by atoms with E-state index in [-0.39, 0.29) is 39.7 Å². The fourth-order valence-corrected chi connectivity index (χ4v) is 5.36. The molecule has 0 aliphatic carbocycles. The molecule has 2 amide bonds. The lowest BCUT2D eigenvalue weighted by Gasteiger charge is -2.36. The summed E-state index contributed by atoms with van der Waals surface area (Å²) in [5, 5.41) is 3.13. The molecule has 1 fully saturated rings. The van der Waals surface area contributed by atoms with Gasteiger partial charge >= 0.3 is 0 Å². The van der Waals surface area contributed by atoms with Crippen molar-refractivity contribution >= 4 is 36.8 Å². The molecule has 4 rings (SSSR count). The van der Waals surface area contributed by atoms with E-state index in [4.69, 9.17) is 13.9 Å². The Labute approximate surface area is 245 Å². The number of halogens is 1. The third kappa shape index (κ3) is 7.69. The molecule has 1 aromatic heterocycles. The molecule has 3 aromatic rings. The summed E-state index contributed by atoms with van der Waals surface area (Å²) in [6.07, 6.45) is 0.619. The number of likely N-dealkylation sites (tertiary alicyclic amines) is 1. The quantitative estimate of drug-likeness (QED) is 0.260. The first-order valence-electron chi connectivity index (χ1n) is 13.6. The molecule has 220 valence electrons. The van der Waals surface area contributed by atoms with Crippen LogP contribution in [0.2, 0.25) is 18.1 Å². The first kappa shape index (κ1) is 30.6. The smallest absolute Gasteiger partial charge is 0.257 e. The van der Waals surface area contributed by atoms with E-state index < -0.39 is 20.0 Å². The van der Waals surface area contributed by atoms with Crippen molar-refractivity contribution in [3.05, 3.63) is 59.2 Å². The van der Waals surface area contributed by atoms with Gasteiger partial charge in [0.25, 0.3) is 11.8 Å². The Bertz CT molecular complexity index is 1420. The monoisotopic (exact) mass is 600 g/mol. The second kappa shape index (κ2) is 12.3. The van der Waals surface area contributed by atoms with Crippen LogP contribution in [0.1, 0.15) is 60.7 Å². The second-order valence-corrected chi connectivity index (χ2v) is 17.2. The molecule has 12 heteroatoms. The molecule has 0 radical (unpaired) electrons. The van der Waals surface area contributed by atoms with Crippen LogP contribution < -0.4 is 14.8 Å². The average Bonchev–Trinajstić information content (AvgIpc) is 3.26. The van der Waals surface area contributed by atoms with E-state index in [2.05, 4.69) is 48.5 Å². The van der Waals surface area contributed by atoms with Crippen LogP contribution in [-0.4, -0.2) is 60.2 Å². The van der Waals surface area contributed by atoms with Gasteiger partial charge in [-0.05, 0) is 68.7 Å². The Kier molecular flexibility index (Phi) is 9.15. The van der Waals surface area contributed by atoms with Crippen molar-refractivity contribution in [3.63, 3.8) is 0 Å². The third-order valence-electron chi connectivity index (χ3n) is 7.26. The average molecular weight is 601 g/mol. The maximum atomic E-state index is 15.0. The van der Waals surface area contributed by atoms with Gasteiger partial charge in [0.15, 0.2) is 19.9 Å². The summed E-state index contributed by atoms with van der Waals surface area (Å²) in [5.74, 6) is -0.323. The fraction of sp³-hybridized carbons (Fsp3) is 0.448. The van der Waals surface area contributed by atoms with Crippen LogP contribution in [0.5, 0.6) is 17.2 Å². The lowest BCUT2D eigenvalue weighted by atomic mass is 10.1. The predicted molar refractivity (Wildman–Crippen MR) is 159 cm³/mol. The minimum Gasteiger partial charge on any atom is -0.488 e. The summed E-state index contributed by atoms with van der Waals surface area (Å²) in [5.41, 5.74) is 0.488. The fourth-order valence-electron chi connectivity index (χ4n) is 3.70. The number of carbonyl (C=O) groups excluding carboxylic acids is 2. The molecule has 1 aliphatic heterocycles. The van der Waals surface area contributed by atoms with Crippen LogP contribution in [0.25, 0.3) is 0 Å². The van der Waals surface area contributed by atoms with E-state index >= 15 is 4.39 Å². The standard InChI is InChI=1S/C29H37FN4O5SSi/c1-18(17-37-41(6,7)29(3,4)5)38-22-13-21(26(35)32-28-31-19(2)33-40-28)14-23(16-22)39-25-10-9-20(15-24(25)30)27(36)34-11-8-12-34/h9-10,13-16,18H,8,11-12,17H2,1-7H3,(H,31,32,33,35)/t18-/m0/s1. The third-order valence-corrected chi connectivity index (χ3v) is 12.5. The van der Waals surface area contributed by atoms with Crippen molar-refractivity contribution in [2.45, 2.75) is 65.3 Å². The Hall–Kier alpha value is -3.35. The van der Waals surface area contributed by atoms with Crippen molar-refractivity contribution in [2.75, 3.05) is 25.0 Å². The summed E-state index contributed by atoms with van der Waals surface area (Å²) >= 11 is 1.07. The first-order chi connectivity index (χ1) is 19.2. The second-order valence-electron chi connectivity index (χ2n) is 11.7. The highest BCUT2D eigenvalue weighted by atomic mass is 32.1. The molecule has 41 heavy (non-hydrogen) atoms. The predicted octanol–water partition coefficient (Wildman–Crippen LogP) is 6.67. The van der Waals surface area contributed by atoms with Crippen molar-refractivity contribution in [1.82, 2.24) is 14.3 Å². The minimum atomic E-state index is -1.99. The lowest BCUT2D eigenvalue weighted by Crippen LogP contribution is -2.43. The van der Waals surface area contributed by atoms with Gasteiger partial charge in [-0.25, -0.2) is 9.37 Å². The number of benzene rings is 2. The number of hydrogen-bond donors (Lipinski definition) is 1. The van der Waals surface area contributed by atoms with Crippen LogP contribution >= 0.6 is 11.5 Å². The molecule has 0 saturated carbocycles. The van der Waals surface area contributed by atoms with Crippen LogP contribution in [0.4, 0.5) is 9.52 Å². The SMILES string of the molecule is Cc1nsc(NC(=O)c2cc(Oc3ccc(C(=O)N4CCC4)cc3F)cc(O[C@@H](C)CO[Si](C)(C)C(C)(C)C)c2)n1. The lowest BCUT2D eigenvalue weighted by molar-refractivity contribution is 0.0651. The molecule has 1 N–H and O–H groups in total. The van der Waals surface area contributed by atoms with Gasteiger partial charge in [-0.2, -0.15) is 4.37 Å². The Morgan fingerprint density at radius 1 is 1.12 bits per heavy atom. The number of anilines is 1. The molecular formula is C29H37FN4O5SSi. The maximum Gasteiger partial charge on any atom is 0.257 e. The zero-order chi connectivity index (χ0) is 29.9. The number of carbonyl (C=O) groups is 2. The van der Waals surface area contributed by atoms with Crippen LogP contribution in [0, 0.1) is 12.7 Å². The number of nitrogens with one attached hydrogen (secondary N) is 1. The number of aryl methyl sites for hydroxylation is 1. The van der Waals surface area contributed by atoms with E-state index in [0.717, 1.165) is 18.0 Å². The van der Waals surface area contributed by atoms with Gasteiger partial charge in [0.2, 0.25) is 5.13 Å². The Morgan fingerprint density at radius 3 is 2.41 bits per heavy atom. The molecule has 1 aliphatic rings. The zero-order valence-corrected chi connectivity index (χ0v) is 26.4. The molecule has 0 bridgehead atoms. The summed E-state index contributed by atoms with van der Waals surface area (Å²) in [6.45, 7) is 16.2. The van der Waals surface area contributed by atoms with Gasteiger partial charge in [-0.15, -0.1) is 0 Å². The van der Waals surface area contributed by atoms with Crippen LogP contribution in [0.3, 0.4) is 0 Å². The summed E-state index contributed by atoms with van der Waals surface area (Å²) in [7, 11) is -1.99. The van der Waals surface area contributed by atoms with Gasteiger partial charge < -0.3 is 18.8 Å². The van der Waals surface area contributed by atoms with E-state index in [0.29, 0.717) is 36.4 Å². The summed E-state index contributed by atoms with van der Waals surface area (Å²) in [6, 6.07) is 8.78. The molecule has 1 saturated heterocycles. The number of hydrogen-bond acceptors (Lipinski definition) is 8. The van der Waals surface area contributed by atoms with Gasteiger partial charge in [0, 0.05) is 41.8 Å². The molecular weight excluding hydrogens is 563 g/mol. The molecule has 0 spiro atoms. The number of aromatic nitrogens is 2. The number of nitrogens with zero attached hydrogens (tertiary/aromatic N) is 3. The molecule has 2 heterocycles. The first-order valence-corrected chi connectivity index (χ1v) is 17.2. The minimum absolute atomic E-state index is 0.0499. The zero-order valence-electron chi connectivity index (χ0n) is 24.5. The molecule has 1 atom stereocenters. The van der Waals surface area contributed by atoms with Crippen molar-refractivity contribution < 1.29 is 27.9 Å². The topological polar surface area (TPSA) is 103 Å². The van der Waals surface area contributed by atoms with Gasteiger partial charge in [-0.1, -0.05) is 20.8 Å². The van der Waals surface area contributed by atoms with E-state index in [1.54, 1.807) is 24.0 Å². The summed E-state index contributed by atoms with van der Waals surface area (Å²) < 4.78 is 37.4. The van der Waals surface area contributed by atoms with E-state index in [1.807, 2.05) is 6.92 Å². The van der Waals surface area contributed by atoms with Gasteiger partial charge in [0.05, 0.1) is 6.61 Å². The maximum absolute atomic E-state index is 15.0. The normalized spacial score (nSPS) is 14.3. The number of ether oxygens (including phenoxy) is 2. The van der Waals surface area contributed by atoms with E-state index in [9.17, 15) is 9.59 Å². The van der Waals surface area contributed by atoms with E-state index in [1.165, 1.54) is 24.3 Å². The molecule has 0 unspecified atom stereocenters. The number of amides is 2. The highest BCUT2D eigenvalue weighted by molar-refractivity contribution is 7.09.